The van der Waals surface area contributed by atoms with Gasteiger partial charge in [-0.25, -0.2) is 9.97 Å². The normalized spacial score (nSPS) is 18.7. The number of rotatable bonds is 5. The first-order chi connectivity index (χ1) is 14.8. The maximum absolute atomic E-state index is 13.0. The molecule has 11 heteroatoms. The van der Waals surface area contributed by atoms with Crippen molar-refractivity contribution in [1.82, 2.24) is 30.3 Å². The van der Waals surface area contributed by atoms with Gasteiger partial charge in [0.05, 0.1) is 35.5 Å². The van der Waals surface area contributed by atoms with Gasteiger partial charge in [0.25, 0.3) is 5.91 Å². The Balaban J connectivity index is 1.49. The molecule has 0 unspecified atom stereocenters. The van der Waals surface area contributed by atoms with Crippen LogP contribution >= 0.6 is 0 Å². The SMILES string of the molecule is Cc1nc(C(F)(F)F)cnc1N[C@H]1CCC[C@@H]1NC(=O)c1ccccc1-n1nccn1. The van der Waals surface area contributed by atoms with Crippen molar-refractivity contribution in [3.63, 3.8) is 0 Å². The van der Waals surface area contributed by atoms with Crippen molar-refractivity contribution in [3.8, 4) is 5.69 Å². The third-order valence-corrected chi connectivity index (χ3v) is 5.17. The zero-order chi connectivity index (χ0) is 22.0. The van der Waals surface area contributed by atoms with Crippen molar-refractivity contribution < 1.29 is 18.0 Å². The fourth-order valence-electron chi connectivity index (χ4n) is 3.67. The number of nitrogens with one attached hydrogen (secondary N) is 2. The highest BCUT2D eigenvalue weighted by atomic mass is 19.4. The minimum atomic E-state index is -4.54. The van der Waals surface area contributed by atoms with E-state index in [0.29, 0.717) is 17.4 Å². The van der Waals surface area contributed by atoms with Crippen molar-refractivity contribution in [1.29, 1.82) is 0 Å². The first kappa shape index (κ1) is 20.8. The van der Waals surface area contributed by atoms with Crippen LogP contribution in [0, 0.1) is 6.92 Å². The molecule has 0 spiro atoms. The Bertz CT molecular complexity index is 1070. The van der Waals surface area contributed by atoms with Gasteiger partial charge in [0, 0.05) is 12.1 Å². The summed E-state index contributed by atoms with van der Waals surface area (Å²) in [4.78, 5) is 21.9. The molecule has 1 fully saturated rings. The number of alkyl halides is 3. The van der Waals surface area contributed by atoms with E-state index < -0.39 is 11.9 Å². The quantitative estimate of drug-likeness (QED) is 0.644. The van der Waals surface area contributed by atoms with Crippen LogP contribution in [0.5, 0.6) is 0 Å². The van der Waals surface area contributed by atoms with Gasteiger partial charge in [-0.3, -0.25) is 4.79 Å². The number of para-hydroxylation sites is 1. The average molecular weight is 431 g/mol. The number of anilines is 1. The number of benzene rings is 1. The molecule has 1 aliphatic carbocycles. The second kappa shape index (κ2) is 8.32. The Morgan fingerprint density at radius 3 is 2.55 bits per heavy atom. The number of hydrogen-bond acceptors (Lipinski definition) is 6. The zero-order valence-corrected chi connectivity index (χ0v) is 16.6. The van der Waals surface area contributed by atoms with Crippen LogP contribution < -0.4 is 10.6 Å². The zero-order valence-electron chi connectivity index (χ0n) is 16.6. The molecule has 31 heavy (non-hydrogen) atoms. The van der Waals surface area contributed by atoms with Crippen LogP contribution in [0.25, 0.3) is 5.69 Å². The maximum atomic E-state index is 13.0. The lowest BCUT2D eigenvalue weighted by Gasteiger charge is -2.24. The van der Waals surface area contributed by atoms with E-state index in [1.165, 1.54) is 24.1 Å². The monoisotopic (exact) mass is 431 g/mol. The number of carbonyl (C=O) groups excluding carboxylic acids is 1. The number of hydrogen-bond donors (Lipinski definition) is 2. The number of aryl methyl sites for hydroxylation is 1. The third-order valence-electron chi connectivity index (χ3n) is 5.17. The fraction of sp³-hybridized carbons (Fsp3) is 0.350. The molecule has 0 aliphatic heterocycles. The minimum absolute atomic E-state index is 0.155. The summed E-state index contributed by atoms with van der Waals surface area (Å²) in [7, 11) is 0. The molecule has 3 aromatic rings. The van der Waals surface area contributed by atoms with Crippen LogP contribution in [-0.4, -0.2) is 43.0 Å². The van der Waals surface area contributed by atoms with Gasteiger partial charge >= 0.3 is 6.18 Å². The largest absolute Gasteiger partial charge is 0.434 e. The lowest BCUT2D eigenvalue weighted by atomic mass is 10.1. The Morgan fingerprint density at radius 1 is 1.13 bits per heavy atom. The predicted molar refractivity (Wildman–Crippen MR) is 106 cm³/mol. The summed E-state index contributed by atoms with van der Waals surface area (Å²) in [5.41, 5.74) is 0.101. The standard InChI is InChI=1S/C20H20F3N7O/c1-12-18(24-11-17(27-12)20(21,22)23)28-14-6-4-7-15(14)29-19(31)13-5-2-3-8-16(13)30-25-9-10-26-30/h2-3,5,8-11,14-15H,4,6-7H2,1H3,(H,24,28)(H,29,31)/t14-,15-/m0/s1. The molecular weight excluding hydrogens is 411 g/mol. The highest BCUT2D eigenvalue weighted by Crippen LogP contribution is 2.29. The highest BCUT2D eigenvalue weighted by Gasteiger charge is 2.34. The second-order valence-corrected chi connectivity index (χ2v) is 7.28. The van der Waals surface area contributed by atoms with E-state index in [0.717, 1.165) is 19.3 Å². The first-order valence-corrected chi connectivity index (χ1v) is 9.77. The predicted octanol–water partition coefficient (Wildman–Crippen LogP) is 3.15. The molecule has 1 aromatic carbocycles. The van der Waals surface area contributed by atoms with Gasteiger partial charge in [-0.1, -0.05) is 12.1 Å². The topological polar surface area (TPSA) is 97.6 Å². The van der Waals surface area contributed by atoms with E-state index in [1.807, 2.05) is 0 Å². The van der Waals surface area contributed by atoms with Crippen molar-refractivity contribution in [2.24, 2.45) is 0 Å². The summed E-state index contributed by atoms with van der Waals surface area (Å²) >= 11 is 0. The van der Waals surface area contributed by atoms with E-state index in [9.17, 15) is 18.0 Å². The molecular formula is C20H20F3N7O. The smallest absolute Gasteiger partial charge is 0.364 e. The molecule has 1 saturated carbocycles. The lowest BCUT2D eigenvalue weighted by molar-refractivity contribution is -0.141. The summed E-state index contributed by atoms with van der Waals surface area (Å²) in [5, 5.41) is 14.3. The lowest BCUT2D eigenvalue weighted by Crippen LogP contribution is -2.43. The van der Waals surface area contributed by atoms with Gasteiger partial charge in [0.15, 0.2) is 5.69 Å². The Morgan fingerprint density at radius 2 is 1.84 bits per heavy atom. The molecule has 1 aliphatic rings. The first-order valence-electron chi connectivity index (χ1n) is 9.77. The van der Waals surface area contributed by atoms with E-state index >= 15 is 0 Å². The maximum Gasteiger partial charge on any atom is 0.434 e. The number of halogens is 3. The Hall–Kier alpha value is -3.50. The molecule has 162 valence electrons. The summed E-state index contributed by atoms with van der Waals surface area (Å²) < 4.78 is 38.5. The van der Waals surface area contributed by atoms with Crippen LogP contribution in [-0.2, 0) is 6.18 Å². The molecule has 1 amide bonds. The molecule has 0 radical (unpaired) electrons. The summed E-state index contributed by atoms with van der Waals surface area (Å²) in [6.07, 6.45) is 1.56. The highest BCUT2D eigenvalue weighted by molar-refractivity contribution is 5.97. The molecule has 2 atom stereocenters. The summed E-state index contributed by atoms with van der Waals surface area (Å²) in [6.45, 7) is 1.47. The number of nitrogens with zero attached hydrogens (tertiary/aromatic N) is 5. The third kappa shape index (κ3) is 4.49. The van der Waals surface area contributed by atoms with Gasteiger partial charge in [0.1, 0.15) is 5.82 Å². The molecule has 2 N–H and O–H groups in total. The average Bonchev–Trinajstić information content (AvgIpc) is 3.41. The van der Waals surface area contributed by atoms with Crippen LogP contribution in [0.4, 0.5) is 19.0 Å². The van der Waals surface area contributed by atoms with E-state index in [1.54, 1.807) is 24.3 Å². The van der Waals surface area contributed by atoms with E-state index in [4.69, 9.17) is 0 Å². The van der Waals surface area contributed by atoms with E-state index in [2.05, 4.69) is 30.8 Å². The van der Waals surface area contributed by atoms with Crippen molar-refractivity contribution in [3.05, 3.63) is 59.8 Å². The summed E-state index contributed by atoms with van der Waals surface area (Å²) in [5.74, 6) is 0.00196. The molecule has 2 heterocycles. The summed E-state index contributed by atoms with van der Waals surface area (Å²) in [6, 6.07) is 6.60. The van der Waals surface area contributed by atoms with Gasteiger partial charge < -0.3 is 10.6 Å². The van der Waals surface area contributed by atoms with Gasteiger partial charge in [0.2, 0.25) is 0 Å². The van der Waals surface area contributed by atoms with Crippen molar-refractivity contribution in [2.45, 2.75) is 44.4 Å². The Kier molecular flexibility index (Phi) is 5.57. The second-order valence-electron chi connectivity index (χ2n) is 7.28. The Labute approximate surface area is 175 Å². The van der Waals surface area contributed by atoms with Gasteiger partial charge in [-0.2, -0.15) is 28.2 Å². The molecule has 2 aromatic heterocycles. The molecule has 0 bridgehead atoms. The molecule has 8 nitrogen and oxygen atoms in total. The number of aromatic nitrogens is 5. The van der Waals surface area contributed by atoms with Crippen LogP contribution in [0.2, 0.25) is 0 Å². The minimum Gasteiger partial charge on any atom is -0.364 e. The number of amides is 1. The van der Waals surface area contributed by atoms with E-state index in [-0.39, 0.29) is 29.5 Å². The number of carbonyl (C=O) groups is 1. The molecule has 0 saturated heterocycles. The molecule has 4 rings (SSSR count). The van der Waals surface area contributed by atoms with Gasteiger partial charge in [-0.15, -0.1) is 0 Å². The van der Waals surface area contributed by atoms with Crippen LogP contribution in [0.3, 0.4) is 0 Å². The van der Waals surface area contributed by atoms with Crippen molar-refractivity contribution in [2.75, 3.05) is 5.32 Å². The fourth-order valence-corrected chi connectivity index (χ4v) is 3.67. The van der Waals surface area contributed by atoms with Crippen LogP contribution in [0.1, 0.15) is 41.0 Å². The van der Waals surface area contributed by atoms with Crippen LogP contribution in [0.15, 0.2) is 42.9 Å². The van der Waals surface area contributed by atoms with Gasteiger partial charge in [-0.05, 0) is 38.3 Å². The van der Waals surface area contributed by atoms with Crippen molar-refractivity contribution >= 4 is 11.7 Å².